The van der Waals surface area contributed by atoms with Gasteiger partial charge in [0.2, 0.25) is 17.7 Å². The van der Waals surface area contributed by atoms with Crippen molar-refractivity contribution in [1.29, 1.82) is 0 Å². The second-order valence-corrected chi connectivity index (χ2v) is 11.3. The summed E-state index contributed by atoms with van der Waals surface area (Å²) in [6.45, 7) is 6.62. The molecule has 3 amide bonds. The SMILES string of the molecule is CCC(C)C(=O)C1CCC(NC(=O)CCOCCOCCOCCNC(=O)[C@H]2CC(=O)N(C)[C@@H]2c2cccnc2)CC1.[HH].[HH]. The minimum absolute atomic E-state index is 0. The van der Waals surface area contributed by atoms with Gasteiger partial charge in [-0.25, -0.2) is 0 Å². The van der Waals surface area contributed by atoms with Crippen LogP contribution in [-0.4, -0.2) is 92.7 Å². The van der Waals surface area contributed by atoms with Gasteiger partial charge >= 0.3 is 0 Å². The van der Waals surface area contributed by atoms with Gasteiger partial charge in [-0.1, -0.05) is 19.9 Å². The van der Waals surface area contributed by atoms with Gasteiger partial charge in [-0.05, 0) is 43.7 Å². The van der Waals surface area contributed by atoms with Crippen molar-refractivity contribution in [2.24, 2.45) is 17.8 Å². The molecule has 2 N–H and O–H groups in total. The topological polar surface area (TPSA) is 136 Å². The zero-order chi connectivity index (χ0) is 30.3. The molecular weight excluding hydrogens is 540 g/mol. The maximum absolute atomic E-state index is 12.7. The largest absolute Gasteiger partial charge is 0.379 e. The van der Waals surface area contributed by atoms with Crippen molar-refractivity contribution in [3.63, 3.8) is 0 Å². The lowest BCUT2D eigenvalue weighted by atomic mass is 9.79. The summed E-state index contributed by atoms with van der Waals surface area (Å²) in [6, 6.07) is 3.50. The molecule has 1 aromatic heterocycles. The highest BCUT2D eigenvalue weighted by Crippen LogP contribution is 2.36. The van der Waals surface area contributed by atoms with E-state index in [1.165, 1.54) is 0 Å². The number of carbonyl (C=O) groups excluding carboxylic acids is 4. The van der Waals surface area contributed by atoms with Gasteiger partial charge in [-0.2, -0.15) is 0 Å². The lowest BCUT2D eigenvalue weighted by molar-refractivity contribution is -0.128. The Bertz CT molecular complexity index is 1010. The molecule has 11 nitrogen and oxygen atoms in total. The zero-order valence-corrected chi connectivity index (χ0v) is 25.3. The van der Waals surface area contributed by atoms with E-state index < -0.39 is 5.92 Å². The van der Waals surface area contributed by atoms with Crippen LogP contribution in [0.15, 0.2) is 24.5 Å². The molecule has 0 spiro atoms. The van der Waals surface area contributed by atoms with E-state index >= 15 is 0 Å². The first-order valence-electron chi connectivity index (χ1n) is 15.3. The van der Waals surface area contributed by atoms with Gasteiger partial charge in [-0.15, -0.1) is 0 Å². The number of hydrogen-bond acceptors (Lipinski definition) is 8. The lowest BCUT2D eigenvalue weighted by Crippen LogP contribution is -2.39. The first-order valence-corrected chi connectivity index (χ1v) is 15.3. The predicted octanol–water partition coefficient (Wildman–Crippen LogP) is 2.94. The first-order chi connectivity index (χ1) is 20.3. The van der Waals surface area contributed by atoms with Crippen molar-refractivity contribution in [2.45, 2.75) is 70.9 Å². The van der Waals surface area contributed by atoms with Crippen molar-refractivity contribution < 1.29 is 36.2 Å². The van der Waals surface area contributed by atoms with Crippen LogP contribution in [0.5, 0.6) is 0 Å². The highest BCUT2D eigenvalue weighted by molar-refractivity contribution is 5.90. The van der Waals surface area contributed by atoms with Crippen molar-refractivity contribution in [3.8, 4) is 0 Å². The zero-order valence-electron chi connectivity index (χ0n) is 25.3. The molecule has 238 valence electrons. The number of ether oxygens (including phenoxy) is 3. The number of pyridine rings is 1. The number of amides is 3. The van der Waals surface area contributed by atoms with Crippen LogP contribution in [0.3, 0.4) is 0 Å². The second kappa shape index (κ2) is 17.9. The molecule has 0 bridgehead atoms. The number of nitrogens with one attached hydrogen (secondary N) is 2. The molecule has 1 aliphatic carbocycles. The summed E-state index contributed by atoms with van der Waals surface area (Å²) < 4.78 is 16.5. The van der Waals surface area contributed by atoms with Crippen LogP contribution in [-0.2, 0) is 33.4 Å². The van der Waals surface area contributed by atoms with Gasteiger partial charge in [0.05, 0.1) is 51.6 Å². The molecule has 0 radical (unpaired) electrons. The number of Topliss-reactive ketones (excluding diaryl/α,β-unsaturated/α-hetero) is 1. The summed E-state index contributed by atoms with van der Waals surface area (Å²) in [7, 11) is 1.71. The third-order valence-electron chi connectivity index (χ3n) is 8.30. The Labute approximate surface area is 252 Å². The van der Waals surface area contributed by atoms with Gasteiger partial charge in [0, 0.05) is 59.6 Å². The quantitative estimate of drug-likeness (QED) is 0.248. The third kappa shape index (κ3) is 10.4. The normalized spacial score (nSPS) is 23.0. The van der Waals surface area contributed by atoms with E-state index in [-0.39, 0.29) is 50.9 Å². The lowest BCUT2D eigenvalue weighted by Gasteiger charge is -2.29. The summed E-state index contributed by atoms with van der Waals surface area (Å²) in [5.74, 6) is -0.0786. The maximum Gasteiger partial charge on any atom is 0.226 e. The number of rotatable bonds is 18. The highest BCUT2D eigenvalue weighted by atomic mass is 16.5. The fraction of sp³-hybridized carbons (Fsp3) is 0.710. The standard InChI is InChI=1S/C31H48N4O7.2H2/c1-4-22(2)30(38)23-7-9-25(10-8-23)34-27(36)11-14-40-16-18-42-19-17-41-15-13-33-31(39)26-20-28(37)35(3)29(26)24-6-5-12-32-21-24;;/h5-6,12,21-23,25-26,29H,4,7-11,13-20H2,1-3H3,(H,33,39)(H,34,36);2*1H/t22?,23?,25?,26-,29+;;/m0../s1. The third-order valence-corrected chi connectivity index (χ3v) is 8.30. The number of aromatic nitrogens is 1. The van der Waals surface area contributed by atoms with Crippen molar-refractivity contribution in [1.82, 2.24) is 20.5 Å². The van der Waals surface area contributed by atoms with Crippen LogP contribution >= 0.6 is 0 Å². The van der Waals surface area contributed by atoms with E-state index in [1.807, 2.05) is 19.9 Å². The van der Waals surface area contributed by atoms with Crippen LogP contribution in [0.4, 0.5) is 0 Å². The maximum atomic E-state index is 12.7. The molecule has 1 unspecified atom stereocenters. The van der Waals surface area contributed by atoms with Crippen molar-refractivity contribution in [2.75, 3.05) is 53.2 Å². The number of carbonyl (C=O) groups is 4. The Hall–Kier alpha value is -2.89. The van der Waals surface area contributed by atoms with E-state index in [2.05, 4.69) is 15.6 Å². The van der Waals surface area contributed by atoms with Crippen molar-refractivity contribution >= 4 is 23.5 Å². The summed E-state index contributed by atoms with van der Waals surface area (Å²) in [6.07, 6.45) is 8.13. The van der Waals surface area contributed by atoms with E-state index in [1.54, 1.807) is 30.4 Å². The molecule has 3 rings (SSSR count). The summed E-state index contributed by atoms with van der Waals surface area (Å²) >= 11 is 0. The van der Waals surface area contributed by atoms with Gasteiger partial charge in [0.1, 0.15) is 5.78 Å². The fourth-order valence-electron chi connectivity index (χ4n) is 5.62. The number of likely N-dealkylation sites (tertiary alicyclic amines) is 1. The molecular formula is C31H52N4O7. The monoisotopic (exact) mass is 592 g/mol. The number of hydrogen-bond donors (Lipinski definition) is 2. The molecule has 1 saturated carbocycles. The van der Waals surface area contributed by atoms with Crippen LogP contribution < -0.4 is 10.6 Å². The van der Waals surface area contributed by atoms with Gasteiger partial charge in [0.25, 0.3) is 0 Å². The molecule has 3 atom stereocenters. The van der Waals surface area contributed by atoms with Gasteiger partial charge in [-0.3, -0.25) is 24.2 Å². The summed E-state index contributed by atoms with van der Waals surface area (Å²) in [5.41, 5.74) is 0.844. The molecule has 2 fully saturated rings. The number of nitrogens with zero attached hydrogens (tertiary/aromatic N) is 2. The molecule has 1 aromatic rings. The molecule has 11 heteroatoms. The van der Waals surface area contributed by atoms with E-state index in [0.29, 0.717) is 58.4 Å². The van der Waals surface area contributed by atoms with Gasteiger partial charge in [0.15, 0.2) is 0 Å². The Morgan fingerprint density at radius 1 is 1.05 bits per heavy atom. The van der Waals surface area contributed by atoms with E-state index in [0.717, 1.165) is 37.7 Å². The Morgan fingerprint density at radius 2 is 1.71 bits per heavy atom. The average Bonchev–Trinajstić information content (AvgIpc) is 3.31. The van der Waals surface area contributed by atoms with Gasteiger partial charge < -0.3 is 29.7 Å². The van der Waals surface area contributed by atoms with E-state index in [4.69, 9.17) is 14.2 Å². The molecule has 0 aromatic carbocycles. The molecule has 1 aliphatic heterocycles. The fourth-order valence-corrected chi connectivity index (χ4v) is 5.62. The predicted molar refractivity (Wildman–Crippen MR) is 161 cm³/mol. The van der Waals surface area contributed by atoms with Crippen LogP contribution in [0, 0.1) is 17.8 Å². The van der Waals surface area contributed by atoms with E-state index in [9.17, 15) is 19.2 Å². The Morgan fingerprint density at radius 3 is 2.36 bits per heavy atom. The van der Waals surface area contributed by atoms with Crippen LogP contribution in [0.2, 0.25) is 0 Å². The smallest absolute Gasteiger partial charge is 0.226 e. The minimum atomic E-state index is -0.465. The van der Waals surface area contributed by atoms with Crippen LogP contribution in [0.1, 0.15) is 73.3 Å². The molecule has 42 heavy (non-hydrogen) atoms. The van der Waals surface area contributed by atoms with Crippen LogP contribution in [0.25, 0.3) is 0 Å². The highest BCUT2D eigenvalue weighted by Gasteiger charge is 2.42. The summed E-state index contributed by atoms with van der Waals surface area (Å²) in [4.78, 5) is 55.3. The molecule has 2 heterocycles. The second-order valence-electron chi connectivity index (χ2n) is 11.3. The Balaban J connectivity index is 0.00000484. The minimum Gasteiger partial charge on any atom is -0.379 e. The van der Waals surface area contributed by atoms with Crippen molar-refractivity contribution in [3.05, 3.63) is 30.1 Å². The molecule has 2 aliphatic rings. The summed E-state index contributed by atoms with van der Waals surface area (Å²) in [5, 5.41) is 5.94. The first kappa shape index (κ1) is 33.6. The molecule has 1 saturated heterocycles. The average molecular weight is 593 g/mol. The number of ketones is 1. The Kier molecular flexibility index (Phi) is 14.3.